The van der Waals surface area contributed by atoms with Crippen LogP contribution in [0.2, 0.25) is 0 Å². The average molecular weight is 175 g/mol. The molecule has 0 aliphatic rings. The van der Waals surface area contributed by atoms with Gasteiger partial charge in [0.05, 0.1) is 5.69 Å². The Balaban J connectivity index is 2.94. The van der Waals surface area contributed by atoms with Crippen LogP contribution in [0.5, 0.6) is 0 Å². The third-order valence-electron chi connectivity index (χ3n) is 2.41. The highest BCUT2D eigenvalue weighted by Gasteiger charge is 2.07. The van der Waals surface area contributed by atoms with Crippen molar-refractivity contribution >= 4 is 16.6 Å². The summed E-state index contributed by atoms with van der Waals surface area (Å²) in [6.45, 7) is 4.09. The lowest BCUT2D eigenvalue weighted by Crippen LogP contribution is -1.92. The Morgan fingerprint density at radius 1 is 1.31 bits per heavy atom. The Bertz CT molecular complexity index is 468. The smallest absolute Gasteiger partial charge is 0.115 e. The van der Waals surface area contributed by atoms with Gasteiger partial charge in [-0.25, -0.2) is 0 Å². The van der Waals surface area contributed by atoms with Gasteiger partial charge in [-0.3, -0.25) is 4.68 Å². The molecule has 13 heavy (non-hydrogen) atoms. The average Bonchev–Trinajstić information content (AvgIpc) is 2.32. The summed E-state index contributed by atoms with van der Waals surface area (Å²) in [5.41, 5.74) is 9.87. The molecule has 1 aromatic heterocycles. The van der Waals surface area contributed by atoms with Crippen molar-refractivity contribution in [3.05, 3.63) is 23.4 Å². The van der Waals surface area contributed by atoms with E-state index in [1.807, 2.05) is 31.6 Å². The van der Waals surface area contributed by atoms with Gasteiger partial charge in [0.15, 0.2) is 0 Å². The van der Waals surface area contributed by atoms with E-state index < -0.39 is 0 Å². The van der Waals surface area contributed by atoms with E-state index in [0.717, 1.165) is 22.3 Å². The summed E-state index contributed by atoms with van der Waals surface area (Å²) in [5, 5.41) is 5.50. The first-order chi connectivity index (χ1) is 6.09. The van der Waals surface area contributed by atoms with Gasteiger partial charge in [0.2, 0.25) is 0 Å². The molecule has 3 nitrogen and oxygen atoms in total. The van der Waals surface area contributed by atoms with Crippen molar-refractivity contribution in [3.63, 3.8) is 0 Å². The van der Waals surface area contributed by atoms with Gasteiger partial charge in [-0.2, -0.15) is 5.10 Å². The van der Waals surface area contributed by atoms with Gasteiger partial charge in [-0.1, -0.05) is 0 Å². The predicted molar refractivity (Wildman–Crippen MR) is 54.6 cm³/mol. The van der Waals surface area contributed by atoms with Crippen LogP contribution in [0, 0.1) is 13.8 Å². The Labute approximate surface area is 77.2 Å². The molecule has 1 aromatic carbocycles. The number of nitrogens with two attached hydrogens (primary N) is 1. The van der Waals surface area contributed by atoms with E-state index in [9.17, 15) is 0 Å². The second kappa shape index (κ2) is 2.49. The molecule has 1 heterocycles. The summed E-state index contributed by atoms with van der Waals surface area (Å²) in [4.78, 5) is 0. The Morgan fingerprint density at radius 2 is 2.00 bits per heavy atom. The third-order valence-corrected chi connectivity index (χ3v) is 2.41. The lowest BCUT2D eigenvalue weighted by atomic mass is 10.1. The van der Waals surface area contributed by atoms with Crippen LogP contribution in [0.1, 0.15) is 11.3 Å². The third kappa shape index (κ3) is 1.08. The van der Waals surface area contributed by atoms with Crippen LogP contribution in [-0.2, 0) is 7.05 Å². The topological polar surface area (TPSA) is 43.8 Å². The molecule has 3 heteroatoms. The highest BCUT2D eigenvalue weighted by Crippen LogP contribution is 2.24. The molecule has 0 spiro atoms. The number of rotatable bonds is 0. The molecule has 2 rings (SSSR count). The van der Waals surface area contributed by atoms with Crippen LogP contribution in [0.15, 0.2) is 12.1 Å². The molecule has 2 N–H and O–H groups in total. The van der Waals surface area contributed by atoms with Gasteiger partial charge in [-0.15, -0.1) is 0 Å². The van der Waals surface area contributed by atoms with E-state index in [0.29, 0.717) is 0 Å². The first-order valence-electron chi connectivity index (χ1n) is 4.29. The summed E-state index contributed by atoms with van der Waals surface area (Å²) >= 11 is 0. The van der Waals surface area contributed by atoms with Gasteiger partial charge in [-0.05, 0) is 31.5 Å². The number of nitrogen functional groups attached to an aromatic ring is 1. The molecule has 0 amide bonds. The largest absolute Gasteiger partial charge is 0.397 e. The number of aromatic nitrogens is 2. The second-order valence-corrected chi connectivity index (χ2v) is 3.46. The fraction of sp³-hybridized carbons (Fsp3) is 0.300. The Morgan fingerprint density at radius 3 is 2.69 bits per heavy atom. The molecule has 2 aromatic rings. The van der Waals surface area contributed by atoms with Crippen LogP contribution >= 0.6 is 0 Å². The SMILES string of the molecule is Cc1cc(N)c2nn(C)c(C)c2c1. The lowest BCUT2D eigenvalue weighted by molar-refractivity contribution is 0.751. The Kier molecular flexibility index (Phi) is 1.55. The predicted octanol–water partition coefficient (Wildman–Crippen LogP) is 1.77. The van der Waals surface area contributed by atoms with E-state index in [1.54, 1.807) is 0 Å². The monoisotopic (exact) mass is 175 g/mol. The van der Waals surface area contributed by atoms with Crippen molar-refractivity contribution in [3.8, 4) is 0 Å². The zero-order valence-corrected chi connectivity index (χ0v) is 8.13. The van der Waals surface area contributed by atoms with Crippen LogP contribution in [-0.4, -0.2) is 9.78 Å². The summed E-state index contributed by atoms with van der Waals surface area (Å²) in [5.74, 6) is 0. The summed E-state index contributed by atoms with van der Waals surface area (Å²) in [7, 11) is 1.93. The molecule has 0 fully saturated rings. The van der Waals surface area contributed by atoms with Crippen molar-refractivity contribution in [2.24, 2.45) is 7.05 Å². The van der Waals surface area contributed by atoms with Crippen molar-refractivity contribution < 1.29 is 0 Å². The maximum Gasteiger partial charge on any atom is 0.115 e. The van der Waals surface area contributed by atoms with Crippen molar-refractivity contribution in [1.82, 2.24) is 9.78 Å². The van der Waals surface area contributed by atoms with E-state index >= 15 is 0 Å². The van der Waals surface area contributed by atoms with Crippen LogP contribution in [0.4, 0.5) is 5.69 Å². The molecule has 0 saturated heterocycles. The van der Waals surface area contributed by atoms with Gasteiger partial charge in [0.1, 0.15) is 5.52 Å². The van der Waals surface area contributed by atoms with E-state index in [-0.39, 0.29) is 0 Å². The molecular weight excluding hydrogens is 162 g/mol. The first kappa shape index (κ1) is 8.10. The Hall–Kier alpha value is -1.51. The van der Waals surface area contributed by atoms with E-state index in [2.05, 4.69) is 11.2 Å². The molecule has 0 aliphatic heterocycles. The quantitative estimate of drug-likeness (QED) is 0.620. The minimum atomic E-state index is 0.763. The fourth-order valence-corrected chi connectivity index (χ4v) is 1.59. The van der Waals surface area contributed by atoms with E-state index in [4.69, 9.17) is 5.73 Å². The van der Waals surface area contributed by atoms with Gasteiger partial charge < -0.3 is 5.73 Å². The summed E-state index contributed by atoms with van der Waals surface area (Å²) < 4.78 is 1.86. The highest BCUT2D eigenvalue weighted by molar-refractivity contribution is 5.91. The number of hydrogen-bond donors (Lipinski definition) is 1. The standard InChI is InChI=1S/C10H13N3/c1-6-4-8-7(2)13(3)12-10(8)9(11)5-6/h4-5H,11H2,1-3H3. The summed E-state index contributed by atoms with van der Waals surface area (Å²) in [6, 6.07) is 4.07. The van der Waals surface area contributed by atoms with Crippen molar-refractivity contribution in [1.29, 1.82) is 0 Å². The maximum absolute atomic E-state index is 5.86. The number of hydrogen-bond acceptors (Lipinski definition) is 2. The second-order valence-electron chi connectivity index (χ2n) is 3.46. The minimum Gasteiger partial charge on any atom is -0.397 e. The normalized spacial score (nSPS) is 11.0. The highest BCUT2D eigenvalue weighted by atomic mass is 15.3. The number of fused-ring (bicyclic) bond motifs is 1. The molecule has 0 radical (unpaired) electrons. The van der Waals surface area contributed by atoms with Crippen molar-refractivity contribution in [2.45, 2.75) is 13.8 Å². The number of nitrogens with zero attached hydrogens (tertiary/aromatic N) is 2. The minimum absolute atomic E-state index is 0.763. The number of benzene rings is 1. The molecular formula is C10H13N3. The molecule has 0 aliphatic carbocycles. The molecule has 0 atom stereocenters. The zero-order chi connectivity index (χ0) is 9.59. The van der Waals surface area contributed by atoms with Gasteiger partial charge in [0, 0.05) is 18.1 Å². The molecule has 0 bridgehead atoms. The lowest BCUT2D eigenvalue weighted by Gasteiger charge is -1.97. The zero-order valence-electron chi connectivity index (χ0n) is 8.13. The number of anilines is 1. The first-order valence-corrected chi connectivity index (χ1v) is 4.29. The molecule has 0 unspecified atom stereocenters. The fourth-order valence-electron chi connectivity index (χ4n) is 1.59. The van der Waals surface area contributed by atoms with Gasteiger partial charge >= 0.3 is 0 Å². The maximum atomic E-state index is 5.86. The van der Waals surface area contributed by atoms with Crippen LogP contribution in [0.25, 0.3) is 10.9 Å². The van der Waals surface area contributed by atoms with Crippen LogP contribution < -0.4 is 5.73 Å². The summed E-state index contributed by atoms with van der Waals surface area (Å²) in [6.07, 6.45) is 0. The van der Waals surface area contributed by atoms with Crippen molar-refractivity contribution in [2.75, 3.05) is 5.73 Å². The van der Waals surface area contributed by atoms with E-state index in [1.165, 1.54) is 5.56 Å². The molecule has 68 valence electrons. The van der Waals surface area contributed by atoms with Crippen LogP contribution in [0.3, 0.4) is 0 Å². The number of aryl methyl sites for hydroxylation is 3. The molecule has 0 saturated carbocycles. The van der Waals surface area contributed by atoms with Gasteiger partial charge in [0.25, 0.3) is 0 Å².